The number of hydrogen-bond donors (Lipinski definition) is 1. The van der Waals surface area contributed by atoms with Gasteiger partial charge in [-0.15, -0.1) is 11.3 Å². The molecular formula is C14H19N3O4S. The van der Waals surface area contributed by atoms with Gasteiger partial charge in [-0.2, -0.15) is 0 Å². The van der Waals surface area contributed by atoms with E-state index in [4.69, 9.17) is 4.74 Å². The van der Waals surface area contributed by atoms with Crippen LogP contribution in [0.5, 0.6) is 0 Å². The van der Waals surface area contributed by atoms with Gasteiger partial charge in [0.05, 0.1) is 30.5 Å². The molecule has 2 rings (SSSR count). The first-order valence-corrected chi connectivity index (χ1v) is 7.94. The van der Waals surface area contributed by atoms with Crippen molar-refractivity contribution in [2.45, 2.75) is 26.7 Å². The standard InChI is InChI=1S/C14H19N3O4S/c1-9-13(22-10(2)16-9)14(20)15-5-7-21-8-6-17-11(18)3-4-12(17)19/h3-8H2,1-2H3,(H,15,20). The lowest BCUT2D eigenvalue weighted by Gasteiger charge is -2.13. The topological polar surface area (TPSA) is 88.6 Å². The van der Waals surface area contributed by atoms with E-state index in [2.05, 4.69) is 10.3 Å². The number of rotatable bonds is 7. The first-order chi connectivity index (χ1) is 10.5. The summed E-state index contributed by atoms with van der Waals surface area (Å²) in [7, 11) is 0. The molecule has 1 fully saturated rings. The van der Waals surface area contributed by atoms with Crippen LogP contribution >= 0.6 is 11.3 Å². The van der Waals surface area contributed by atoms with Gasteiger partial charge in [0.1, 0.15) is 4.88 Å². The van der Waals surface area contributed by atoms with Crippen LogP contribution < -0.4 is 5.32 Å². The SMILES string of the molecule is Cc1nc(C)c(C(=O)NCCOCCN2C(=O)CCC2=O)s1. The molecule has 0 atom stereocenters. The number of nitrogens with one attached hydrogen (secondary N) is 1. The van der Waals surface area contributed by atoms with Gasteiger partial charge in [-0.1, -0.05) is 0 Å². The van der Waals surface area contributed by atoms with Crippen molar-refractivity contribution in [3.8, 4) is 0 Å². The Morgan fingerprint density at radius 3 is 2.55 bits per heavy atom. The van der Waals surface area contributed by atoms with Crippen molar-refractivity contribution in [3.05, 3.63) is 15.6 Å². The summed E-state index contributed by atoms with van der Waals surface area (Å²) in [6.07, 6.45) is 0.588. The molecule has 2 heterocycles. The molecular weight excluding hydrogens is 306 g/mol. The van der Waals surface area contributed by atoms with Gasteiger partial charge in [0.2, 0.25) is 11.8 Å². The summed E-state index contributed by atoms with van der Waals surface area (Å²) in [5, 5.41) is 3.62. The molecule has 0 aromatic carbocycles. The number of aryl methyl sites for hydroxylation is 2. The van der Waals surface area contributed by atoms with Gasteiger partial charge >= 0.3 is 0 Å². The summed E-state index contributed by atoms with van der Waals surface area (Å²) < 4.78 is 5.34. The molecule has 1 aromatic rings. The van der Waals surface area contributed by atoms with Gasteiger partial charge in [-0.05, 0) is 13.8 Å². The molecule has 0 spiro atoms. The average molecular weight is 325 g/mol. The molecule has 22 heavy (non-hydrogen) atoms. The third-order valence-corrected chi connectivity index (χ3v) is 4.33. The number of nitrogens with zero attached hydrogens (tertiary/aromatic N) is 2. The molecule has 1 N–H and O–H groups in total. The van der Waals surface area contributed by atoms with Crippen molar-refractivity contribution in [2.24, 2.45) is 0 Å². The molecule has 3 amide bonds. The number of ether oxygens (including phenoxy) is 1. The molecule has 1 aliphatic rings. The lowest BCUT2D eigenvalue weighted by molar-refractivity contribution is -0.139. The smallest absolute Gasteiger partial charge is 0.263 e. The minimum Gasteiger partial charge on any atom is -0.378 e. The first kappa shape index (κ1) is 16.6. The number of aromatic nitrogens is 1. The maximum atomic E-state index is 11.9. The molecule has 0 aliphatic carbocycles. The Morgan fingerprint density at radius 2 is 1.95 bits per heavy atom. The van der Waals surface area contributed by atoms with Gasteiger partial charge in [0.25, 0.3) is 5.91 Å². The molecule has 1 aliphatic heterocycles. The summed E-state index contributed by atoms with van der Waals surface area (Å²) in [5.74, 6) is -0.438. The fourth-order valence-corrected chi connectivity index (χ4v) is 3.03. The number of carbonyl (C=O) groups is 3. The number of hydrogen-bond acceptors (Lipinski definition) is 6. The predicted octanol–water partition coefficient (Wildman–Crippen LogP) is 0.655. The van der Waals surface area contributed by atoms with Crippen molar-refractivity contribution in [3.63, 3.8) is 0 Å². The molecule has 8 heteroatoms. The minimum absolute atomic E-state index is 0.141. The van der Waals surface area contributed by atoms with Gasteiger partial charge < -0.3 is 10.1 Å². The lowest BCUT2D eigenvalue weighted by atomic mass is 10.4. The number of thiazole rings is 1. The maximum absolute atomic E-state index is 11.9. The van der Waals surface area contributed by atoms with Crippen molar-refractivity contribution in [2.75, 3.05) is 26.3 Å². The zero-order valence-electron chi connectivity index (χ0n) is 12.7. The molecule has 0 bridgehead atoms. The van der Waals surface area contributed by atoms with Crippen LogP contribution in [0, 0.1) is 13.8 Å². The van der Waals surface area contributed by atoms with Crippen molar-refractivity contribution < 1.29 is 19.1 Å². The van der Waals surface area contributed by atoms with E-state index in [9.17, 15) is 14.4 Å². The van der Waals surface area contributed by atoms with Gasteiger partial charge in [-0.25, -0.2) is 4.98 Å². The molecule has 7 nitrogen and oxygen atoms in total. The zero-order valence-corrected chi connectivity index (χ0v) is 13.5. The van der Waals surface area contributed by atoms with Crippen LogP contribution in [0.15, 0.2) is 0 Å². The fourth-order valence-electron chi connectivity index (χ4n) is 2.19. The Hall–Kier alpha value is -1.80. The number of carbonyl (C=O) groups excluding carboxylic acids is 3. The average Bonchev–Trinajstić information content (AvgIpc) is 2.97. The quantitative estimate of drug-likeness (QED) is 0.587. The molecule has 0 radical (unpaired) electrons. The zero-order chi connectivity index (χ0) is 16.1. The highest BCUT2D eigenvalue weighted by Crippen LogP contribution is 2.16. The van der Waals surface area contributed by atoms with E-state index >= 15 is 0 Å². The highest BCUT2D eigenvalue weighted by Gasteiger charge is 2.28. The molecule has 0 saturated carbocycles. The second-order valence-electron chi connectivity index (χ2n) is 4.95. The number of amides is 3. The molecule has 0 unspecified atom stereocenters. The van der Waals surface area contributed by atoms with Crippen molar-refractivity contribution in [1.82, 2.24) is 15.2 Å². The summed E-state index contributed by atoms with van der Waals surface area (Å²) in [6, 6.07) is 0. The fraction of sp³-hybridized carbons (Fsp3) is 0.571. The van der Waals surface area contributed by atoms with Crippen molar-refractivity contribution >= 4 is 29.1 Å². The summed E-state index contributed by atoms with van der Waals surface area (Å²) in [6.45, 7) is 4.93. The molecule has 120 valence electrons. The van der Waals surface area contributed by atoms with E-state index in [1.54, 1.807) is 6.92 Å². The highest BCUT2D eigenvalue weighted by atomic mass is 32.1. The van der Waals surface area contributed by atoms with Crippen molar-refractivity contribution in [1.29, 1.82) is 0 Å². The van der Waals surface area contributed by atoms with E-state index in [0.717, 1.165) is 10.7 Å². The molecule has 1 aromatic heterocycles. The van der Waals surface area contributed by atoms with Gasteiger partial charge in [0, 0.05) is 19.4 Å². The predicted molar refractivity (Wildman–Crippen MR) is 80.7 cm³/mol. The third-order valence-electron chi connectivity index (χ3n) is 3.26. The van der Waals surface area contributed by atoms with Gasteiger partial charge in [-0.3, -0.25) is 19.3 Å². The van der Waals surface area contributed by atoms with Crippen LogP contribution in [0.25, 0.3) is 0 Å². The Labute approximate surface area is 132 Å². The van der Waals surface area contributed by atoms with Crippen LogP contribution in [0.4, 0.5) is 0 Å². The van der Waals surface area contributed by atoms with Crippen LogP contribution in [-0.4, -0.2) is 53.9 Å². The van der Waals surface area contributed by atoms with Crippen LogP contribution in [0.1, 0.15) is 33.2 Å². The third kappa shape index (κ3) is 4.11. The first-order valence-electron chi connectivity index (χ1n) is 7.12. The second kappa shape index (κ2) is 7.46. The Kier molecular flexibility index (Phi) is 5.62. The maximum Gasteiger partial charge on any atom is 0.263 e. The van der Waals surface area contributed by atoms with E-state index in [1.807, 2.05) is 6.92 Å². The minimum atomic E-state index is -0.156. The largest absolute Gasteiger partial charge is 0.378 e. The second-order valence-corrected chi connectivity index (χ2v) is 6.16. The monoisotopic (exact) mass is 325 g/mol. The summed E-state index contributed by atoms with van der Waals surface area (Å²) in [4.78, 5) is 40.7. The Bertz CT molecular complexity index is 569. The van der Waals surface area contributed by atoms with Crippen LogP contribution in [-0.2, 0) is 14.3 Å². The lowest BCUT2D eigenvalue weighted by Crippen LogP contribution is -2.33. The normalized spacial score (nSPS) is 14.7. The molecule has 1 saturated heterocycles. The van der Waals surface area contributed by atoms with E-state index in [0.29, 0.717) is 30.9 Å². The van der Waals surface area contributed by atoms with E-state index in [1.165, 1.54) is 16.2 Å². The highest BCUT2D eigenvalue weighted by molar-refractivity contribution is 7.13. The van der Waals surface area contributed by atoms with Crippen LogP contribution in [0.3, 0.4) is 0 Å². The Balaban J connectivity index is 1.61. The Morgan fingerprint density at radius 1 is 1.27 bits per heavy atom. The summed E-state index contributed by atoms with van der Waals surface area (Å²) in [5.41, 5.74) is 0.729. The summed E-state index contributed by atoms with van der Waals surface area (Å²) >= 11 is 1.36. The van der Waals surface area contributed by atoms with Crippen LogP contribution in [0.2, 0.25) is 0 Å². The van der Waals surface area contributed by atoms with E-state index < -0.39 is 0 Å². The van der Waals surface area contributed by atoms with E-state index in [-0.39, 0.29) is 30.9 Å². The van der Waals surface area contributed by atoms with Gasteiger partial charge in [0.15, 0.2) is 0 Å². The number of likely N-dealkylation sites (tertiary alicyclic amines) is 1. The number of imide groups is 1.